The van der Waals surface area contributed by atoms with Crippen LogP contribution in [0.15, 0.2) is 0 Å². The molecule has 108 valence electrons. The molecule has 3 atom stereocenters. The molecule has 0 aromatic carbocycles. The number of aliphatic hydroxyl groups is 4. The smallest absolute Gasteiger partial charge is 0.251 e. The zero-order valence-electron chi connectivity index (χ0n) is 10.9. The minimum atomic E-state index is -1.72. The molecule has 5 N–H and O–H groups in total. The van der Waals surface area contributed by atoms with Gasteiger partial charge in [-0.05, 0) is 6.42 Å². The van der Waals surface area contributed by atoms with Gasteiger partial charge in [0.15, 0.2) is 6.10 Å². The van der Waals surface area contributed by atoms with Crippen LogP contribution in [0.25, 0.3) is 0 Å². The maximum atomic E-state index is 11.4. The van der Waals surface area contributed by atoms with Crippen LogP contribution in [-0.4, -0.2) is 57.8 Å². The molecule has 1 amide bonds. The van der Waals surface area contributed by atoms with Crippen LogP contribution in [0.4, 0.5) is 0 Å². The van der Waals surface area contributed by atoms with Gasteiger partial charge >= 0.3 is 0 Å². The minimum Gasteiger partial charge on any atom is -0.394 e. The molecule has 0 aromatic heterocycles. The van der Waals surface area contributed by atoms with E-state index in [2.05, 4.69) is 12.2 Å². The van der Waals surface area contributed by atoms with Crippen LogP contribution in [0, 0.1) is 0 Å². The van der Waals surface area contributed by atoms with E-state index in [9.17, 15) is 15.0 Å². The van der Waals surface area contributed by atoms with Gasteiger partial charge in [0.05, 0.1) is 6.61 Å². The van der Waals surface area contributed by atoms with Crippen molar-refractivity contribution in [2.75, 3.05) is 13.2 Å². The van der Waals surface area contributed by atoms with Crippen LogP contribution in [0.3, 0.4) is 0 Å². The van der Waals surface area contributed by atoms with E-state index in [-0.39, 0.29) is 0 Å². The Kier molecular flexibility index (Phi) is 9.86. The summed E-state index contributed by atoms with van der Waals surface area (Å²) in [6, 6.07) is 0. The summed E-state index contributed by atoms with van der Waals surface area (Å²) in [5.41, 5.74) is 0. The summed E-state index contributed by atoms with van der Waals surface area (Å²) < 4.78 is 0. The number of amides is 1. The molecule has 0 bridgehead atoms. The highest BCUT2D eigenvalue weighted by Crippen LogP contribution is 2.02. The van der Waals surface area contributed by atoms with Gasteiger partial charge in [-0.15, -0.1) is 0 Å². The third-order valence-corrected chi connectivity index (χ3v) is 2.75. The standard InChI is InChI=1S/C12H25NO5/c1-2-3-4-5-6-7-13-12(18)11(17)10(16)9(15)8-14/h9-11,14-17H,2-8H2,1H3,(H,13,18)/t9-,10-,11-/m1/s1. The first kappa shape index (κ1) is 17.3. The SMILES string of the molecule is CCCCCCCNC(=O)[C@H](O)[C@H](O)[C@H](O)CO. The molecule has 0 saturated heterocycles. The van der Waals surface area contributed by atoms with E-state index in [1.807, 2.05) is 0 Å². The van der Waals surface area contributed by atoms with Gasteiger partial charge in [-0.25, -0.2) is 0 Å². The van der Waals surface area contributed by atoms with Crippen LogP contribution >= 0.6 is 0 Å². The van der Waals surface area contributed by atoms with E-state index in [1.54, 1.807) is 0 Å². The summed E-state index contributed by atoms with van der Waals surface area (Å²) in [6.45, 7) is 1.84. The van der Waals surface area contributed by atoms with E-state index in [0.29, 0.717) is 6.54 Å². The van der Waals surface area contributed by atoms with Gasteiger partial charge in [-0.3, -0.25) is 4.79 Å². The summed E-state index contributed by atoms with van der Waals surface area (Å²) in [5, 5.41) is 38.8. The number of rotatable bonds is 10. The molecule has 0 radical (unpaired) electrons. The topological polar surface area (TPSA) is 110 Å². The summed E-state index contributed by atoms with van der Waals surface area (Å²) in [6.07, 6.45) is 0.339. The predicted molar refractivity (Wildman–Crippen MR) is 66.9 cm³/mol. The lowest BCUT2D eigenvalue weighted by molar-refractivity contribution is -0.142. The van der Waals surface area contributed by atoms with Crippen molar-refractivity contribution in [3.8, 4) is 0 Å². The number of carbonyl (C=O) groups excluding carboxylic acids is 1. The molecule has 0 aliphatic heterocycles. The Morgan fingerprint density at radius 2 is 1.72 bits per heavy atom. The second-order valence-electron chi connectivity index (χ2n) is 4.39. The van der Waals surface area contributed by atoms with E-state index in [1.165, 1.54) is 0 Å². The molecule has 0 saturated carbocycles. The van der Waals surface area contributed by atoms with E-state index in [0.717, 1.165) is 32.1 Å². The highest BCUT2D eigenvalue weighted by molar-refractivity contribution is 5.81. The largest absolute Gasteiger partial charge is 0.394 e. The van der Waals surface area contributed by atoms with Crippen molar-refractivity contribution in [2.24, 2.45) is 0 Å². The Balaban J connectivity index is 3.74. The molecule has 0 heterocycles. The van der Waals surface area contributed by atoms with E-state index < -0.39 is 30.8 Å². The molecule has 0 rings (SSSR count). The Hall–Kier alpha value is -0.690. The van der Waals surface area contributed by atoms with Crippen LogP contribution in [0.5, 0.6) is 0 Å². The summed E-state index contributed by atoms with van der Waals surface area (Å²) in [4.78, 5) is 11.4. The maximum Gasteiger partial charge on any atom is 0.251 e. The quantitative estimate of drug-likeness (QED) is 0.330. The maximum absolute atomic E-state index is 11.4. The van der Waals surface area contributed by atoms with Crippen LogP contribution in [0.2, 0.25) is 0 Å². The second-order valence-corrected chi connectivity index (χ2v) is 4.39. The minimum absolute atomic E-state index is 0.432. The zero-order chi connectivity index (χ0) is 14.0. The molecule has 0 aromatic rings. The van der Waals surface area contributed by atoms with E-state index >= 15 is 0 Å². The predicted octanol–water partition coefficient (Wildman–Crippen LogP) is -0.852. The fourth-order valence-electron chi connectivity index (χ4n) is 1.52. The van der Waals surface area contributed by atoms with Gasteiger partial charge in [0, 0.05) is 6.54 Å². The number of hydrogen-bond donors (Lipinski definition) is 5. The average molecular weight is 263 g/mol. The van der Waals surface area contributed by atoms with Crippen LogP contribution < -0.4 is 5.32 Å². The number of nitrogens with one attached hydrogen (secondary N) is 1. The monoisotopic (exact) mass is 263 g/mol. The Bertz CT molecular complexity index is 225. The number of unbranched alkanes of at least 4 members (excludes halogenated alkanes) is 4. The molecule has 0 spiro atoms. The van der Waals surface area contributed by atoms with Crippen molar-refractivity contribution >= 4 is 5.91 Å². The number of aliphatic hydroxyl groups excluding tert-OH is 4. The lowest BCUT2D eigenvalue weighted by Crippen LogP contribution is -2.48. The molecular formula is C12H25NO5. The van der Waals surface area contributed by atoms with Crippen molar-refractivity contribution in [3.05, 3.63) is 0 Å². The third kappa shape index (κ3) is 6.90. The number of carbonyl (C=O) groups is 1. The number of hydrogen-bond acceptors (Lipinski definition) is 5. The highest BCUT2D eigenvalue weighted by Gasteiger charge is 2.29. The molecule has 0 aliphatic rings. The fraction of sp³-hybridized carbons (Fsp3) is 0.917. The zero-order valence-corrected chi connectivity index (χ0v) is 10.9. The second kappa shape index (κ2) is 10.3. The highest BCUT2D eigenvalue weighted by atomic mass is 16.4. The van der Waals surface area contributed by atoms with Crippen molar-refractivity contribution in [1.82, 2.24) is 5.32 Å². The van der Waals surface area contributed by atoms with Crippen molar-refractivity contribution < 1.29 is 25.2 Å². The lowest BCUT2D eigenvalue weighted by Gasteiger charge is -2.20. The third-order valence-electron chi connectivity index (χ3n) is 2.75. The van der Waals surface area contributed by atoms with Gasteiger partial charge < -0.3 is 25.7 Å². The molecular weight excluding hydrogens is 238 g/mol. The van der Waals surface area contributed by atoms with Crippen LogP contribution in [-0.2, 0) is 4.79 Å². The summed E-state index contributed by atoms with van der Waals surface area (Å²) >= 11 is 0. The first-order valence-corrected chi connectivity index (χ1v) is 6.47. The Morgan fingerprint density at radius 1 is 1.11 bits per heavy atom. The Labute approximate surface area is 108 Å². The van der Waals surface area contributed by atoms with Gasteiger partial charge in [0.25, 0.3) is 5.91 Å². The molecule has 6 heteroatoms. The molecule has 6 nitrogen and oxygen atoms in total. The van der Waals surface area contributed by atoms with Gasteiger partial charge in [0.1, 0.15) is 12.2 Å². The normalized spacial score (nSPS) is 16.1. The van der Waals surface area contributed by atoms with Crippen molar-refractivity contribution in [3.63, 3.8) is 0 Å². The first-order valence-electron chi connectivity index (χ1n) is 6.47. The van der Waals surface area contributed by atoms with Crippen LogP contribution in [0.1, 0.15) is 39.0 Å². The van der Waals surface area contributed by atoms with Crippen molar-refractivity contribution in [2.45, 2.75) is 57.3 Å². The first-order chi connectivity index (χ1) is 8.54. The molecule has 18 heavy (non-hydrogen) atoms. The summed E-state index contributed by atoms with van der Waals surface area (Å²) in [7, 11) is 0. The van der Waals surface area contributed by atoms with Gasteiger partial charge in [-0.1, -0.05) is 32.6 Å². The summed E-state index contributed by atoms with van der Waals surface area (Å²) in [5.74, 6) is -0.731. The Morgan fingerprint density at radius 3 is 2.28 bits per heavy atom. The lowest BCUT2D eigenvalue weighted by atomic mass is 10.1. The fourth-order valence-corrected chi connectivity index (χ4v) is 1.52. The van der Waals surface area contributed by atoms with E-state index in [4.69, 9.17) is 10.2 Å². The average Bonchev–Trinajstić information content (AvgIpc) is 2.39. The molecule has 0 fully saturated rings. The molecule has 0 unspecified atom stereocenters. The van der Waals surface area contributed by atoms with Crippen molar-refractivity contribution in [1.29, 1.82) is 0 Å². The van der Waals surface area contributed by atoms with Gasteiger partial charge in [0.2, 0.25) is 0 Å². The van der Waals surface area contributed by atoms with Gasteiger partial charge in [-0.2, -0.15) is 0 Å². The molecule has 0 aliphatic carbocycles.